The lowest BCUT2D eigenvalue weighted by Gasteiger charge is -2.17. The van der Waals surface area contributed by atoms with Gasteiger partial charge in [-0.15, -0.1) is 5.11 Å². The molecule has 0 aliphatic carbocycles. The third-order valence-electron chi connectivity index (χ3n) is 2.93. The number of fused-ring (bicyclic) bond motifs is 1. The Kier molecular flexibility index (Phi) is 2.04. The van der Waals surface area contributed by atoms with Crippen LogP contribution >= 0.6 is 0 Å². The van der Waals surface area contributed by atoms with Crippen LogP contribution in [0.25, 0.3) is 10.9 Å². The second-order valence-corrected chi connectivity index (χ2v) is 4.26. The first-order chi connectivity index (χ1) is 8.19. The third-order valence-corrected chi connectivity index (χ3v) is 2.93. The van der Waals surface area contributed by atoms with E-state index in [0.29, 0.717) is 5.84 Å². The SMILES string of the molecule is CC1=NC(C)(c2ccnc3ccccc23)N=N1. The third kappa shape index (κ3) is 1.53. The van der Waals surface area contributed by atoms with Crippen molar-refractivity contribution in [1.82, 2.24) is 4.98 Å². The minimum atomic E-state index is -0.605. The maximum absolute atomic E-state index is 4.50. The molecule has 1 aliphatic rings. The van der Waals surface area contributed by atoms with Crippen molar-refractivity contribution in [3.8, 4) is 0 Å². The van der Waals surface area contributed by atoms with Crippen molar-refractivity contribution in [3.05, 3.63) is 42.1 Å². The molecule has 4 heteroatoms. The molecule has 0 fully saturated rings. The number of para-hydroxylation sites is 1. The van der Waals surface area contributed by atoms with Crippen LogP contribution in [0.4, 0.5) is 0 Å². The minimum Gasteiger partial charge on any atom is -0.256 e. The van der Waals surface area contributed by atoms with Gasteiger partial charge in [0.05, 0.1) is 5.52 Å². The van der Waals surface area contributed by atoms with Crippen molar-refractivity contribution in [2.75, 3.05) is 0 Å². The number of azo groups is 1. The predicted molar refractivity (Wildman–Crippen MR) is 67.1 cm³/mol. The van der Waals surface area contributed by atoms with E-state index in [4.69, 9.17) is 0 Å². The molecule has 84 valence electrons. The fraction of sp³-hybridized carbons (Fsp3) is 0.231. The van der Waals surface area contributed by atoms with Crippen molar-refractivity contribution >= 4 is 16.7 Å². The van der Waals surface area contributed by atoms with Gasteiger partial charge in [-0.05, 0) is 26.0 Å². The molecular weight excluding hydrogens is 212 g/mol. The van der Waals surface area contributed by atoms with Crippen LogP contribution < -0.4 is 0 Å². The van der Waals surface area contributed by atoms with Gasteiger partial charge in [-0.2, -0.15) is 5.11 Å². The molecule has 0 amide bonds. The van der Waals surface area contributed by atoms with Crippen molar-refractivity contribution in [2.45, 2.75) is 19.5 Å². The average Bonchev–Trinajstić information content (AvgIpc) is 2.70. The minimum absolute atomic E-state index is 0.605. The van der Waals surface area contributed by atoms with Gasteiger partial charge in [-0.3, -0.25) is 4.98 Å². The standard InChI is InChI=1S/C13H12N4/c1-9-15-13(2,17-16-9)11-7-8-14-12-6-4-3-5-10(11)12/h3-8H,1-2H3. The van der Waals surface area contributed by atoms with E-state index in [1.54, 1.807) is 6.20 Å². The van der Waals surface area contributed by atoms with Crippen molar-refractivity contribution in [3.63, 3.8) is 0 Å². The average molecular weight is 224 g/mol. The summed E-state index contributed by atoms with van der Waals surface area (Å²) in [6.45, 7) is 3.83. The van der Waals surface area contributed by atoms with Crippen LogP contribution in [0, 0.1) is 0 Å². The molecule has 1 aliphatic heterocycles. The lowest BCUT2D eigenvalue weighted by molar-refractivity contribution is 0.529. The van der Waals surface area contributed by atoms with Crippen LogP contribution in [-0.4, -0.2) is 10.8 Å². The Labute approximate surface area is 99.1 Å². The van der Waals surface area contributed by atoms with Crippen molar-refractivity contribution in [2.24, 2.45) is 15.2 Å². The highest BCUT2D eigenvalue weighted by Crippen LogP contribution is 2.35. The zero-order chi connectivity index (χ0) is 11.9. The molecular formula is C13H12N4. The van der Waals surface area contributed by atoms with Crippen LogP contribution in [0.3, 0.4) is 0 Å². The van der Waals surface area contributed by atoms with E-state index < -0.39 is 5.66 Å². The largest absolute Gasteiger partial charge is 0.256 e. The van der Waals surface area contributed by atoms with Gasteiger partial charge < -0.3 is 0 Å². The van der Waals surface area contributed by atoms with E-state index in [-0.39, 0.29) is 0 Å². The Morgan fingerprint density at radius 1 is 1.12 bits per heavy atom. The van der Waals surface area contributed by atoms with Gasteiger partial charge in [0.2, 0.25) is 0 Å². The van der Waals surface area contributed by atoms with Crippen molar-refractivity contribution in [1.29, 1.82) is 0 Å². The summed E-state index contributed by atoms with van der Waals surface area (Å²) >= 11 is 0. The highest BCUT2D eigenvalue weighted by atomic mass is 15.3. The molecule has 0 saturated carbocycles. The molecule has 0 spiro atoms. The van der Waals surface area contributed by atoms with Crippen LogP contribution in [-0.2, 0) is 5.66 Å². The molecule has 1 unspecified atom stereocenters. The lowest BCUT2D eigenvalue weighted by Crippen LogP contribution is -2.14. The molecule has 0 saturated heterocycles. The topological polar surface area (TPSA) is 50.0 Å². The van der Waals surface area contributed by atoms with Gasteiger partial charge in [0.25, 0.3) is 0 Å². The summed E-state index contributed by atoms with van der Waals surface area (Å²) in [4.78, 5) is 8.84. The van der Waals surface area contributed by atoms with Crippen LogP contribution in [0.2, 0.25) is 0 Å². The maximum Gasteiger partial charge on any atom is 0.196 e. The van der Waals surface area contributed by atoms with Gasteiger partial charge in [-0.1, -0.05) is 18.2 Å². The first-order valence-electron chi connectivity index (χ1n) is 5.53. The highest BCUT2D eigenvalue weighted by Gasteiger charge is 2.31. The van der Waals surface area contributed by atoms with Crippen molar-refractivity contribution < 1.29 is 0 Å². The number of hydrogen-bond donors (Lipinski definition) is 0. The maximum atomic E-state index is 4.50. The lowest BCUT2D eigenvalue weighted by atomic mass is 9.99. The molecule has 1 aromatic carbocycles. The number of aromatic nitrogens is 1. The molecule has 2 aromatic rings. The summed E-state index contributed by atoms with van der Waals surface area (Å²) < 4.78 is 0. The number of amidine groups is 1. The number of aliphatic imine (C=N–C) groups is 1. The van der Waals surface area contributed by atoms with Gasteiger partial charge in [0.15, 0.2) is 5.66 Å². The Bertz CT molecular complexity index is 639. The first kappa shape index (κ1) is 10.1. The summed E-state index contributed by atoms with van der Waals surface area (Å²) in [5, 5.41) is 9.37. The van der Waals surface area contributed by atoms with Crippen LogP contribution in [0.15, 0.2) is 51.7 Å². The molecule has 0 bridgehead atoms. The molecule has 0 radical (unpaired) electrons. The number of benzene rings is 1. The molecule has 1 aromatic heterocycles. The quantitative estimate of drug-likeness (QED) is 0.733. The van der Waals surface area contributed by atoms with Gasteiger partial charge >= 0.3 is 0 Å². The number of pyridine rings is 1. The molecule has 2 heterocycles. The van der Waals surface area contributed by atoms with Gasteiger partial charge in [-0.25, -0.2) is 4.99 Å². The molecule has 1 atom stereocenters. The molecule has 4 nitrogen and oxygen atoms in total. The second-order valence-electron chi connectivity index (χ2n) is 4.26. The van der Waals surface area contributed by atoms with E-state index >= 15 is 0 Å². The second kappa shape index (κ2) is 3.45. The fourth-order valence-corrected chi connectivity index (χ4v) is 2.15. The summed E-state index contributed by atoms with van der Waals surface area (Å²) in [7, 11) is 0. The van der Waals surface area contributed by atoms with Gasteiger partial charge in [0, 0.05) is 17.1 Å². The van der Waals surface area contributed by atoms with E-state index in [9.17, 15) is 0 Å². The predicted octanol–water partition coefficient (Wildman–Crippen LogP) is 3.29. The number of rotatable bonds is 1. The van der Waals surface area contributed by atoms with Gasteiger partial charge in [0.1, 0.15) is 5.84 Å². The number of nitrogens with zero attached hydrogens (tertiary/aromatic N) is 4. The van der Waals surface area contributed by atoms with E-state index in [1.807, 2.05) is 44.2 Å². The fourth-order valence-electron chi connectivity index (χ4n) is 2.15. The smallest absolute Gasteiger partial charge is 0.196 e. The summed E-state index contributed by atoms with van der Waals surface area (Å²) in [5.41, 5.74) is 1.40. The monoisotopic (exact) mass is 224 g/mol. The highest BCUT2D eigenvalue weighted by molar-refractivity contribution is 5.85. The first-order valence-corrected chi connectivity index (χ1v) is 5.53. The van der Waals surface area contributed by atoms with E-state index in [0.717, 1.165) is 16.5 Å². The molecule has 0 N–H and O–H groups in total. The van der Waals surface area contributed by atoms with Crippen LogP contribution in [0.1, 0.15) is 19.4 Å². The Balaban J connectivity index is 2.29. The normalized spacial score (nSPS) is 23.1. The van der Waals surface area contributed by atoms with E-state index in [1.165, 1.54) is 0 Å². The van der Waals surface area contributed by atoms with Crippen LogP contribution in [0.5, 0.6) is 0 Å². The zero-order valence-corrected chi connectivity index (χ0v) is 9.75. The molecule has 3 rings (SSSR count). The summed E-state index contributed by atoms with van der Waals surface area (Å²) in [5.74, 6) is 0.716. The number of hydrogen-bond acceptors (Lipinski definition) is 4. The summed E-state index contributed by atoms with van der Waals surface area (Å²) in [6.07, 6.45) is 1.79. The Hall–Kier alpha value is -2.10. The molecule has 17 heavy (non-hydrogen) atoms. The van der Waals surface area contributed by atoms with E-state index in [2.05, 4.69) is 20.2 Å². The summed E-state index contributed by atoms with van der Waals surface area (Å²) in [6, 6.07) is 9.97. The Morgan fingerprint density at radius 2 is 1.94 bits per heavy atom. The zero-order valence-electron chi connectivity index (χ0n) is 9.75. The Morgan fingerprint density at radius 3 is 2.71 bits per heavy atom.